The largest absolute Gasteiger partial charge is 0.387 e. The van der Waals surface area contributed by atoms with Gasteiger partial charge in [0.2, 0.25) is 0 Å². The van der Waals surface area contributed by atoms with E-state index in [0.717, 1.165) is 5.56 Å². The van der Waals surface area contributed by atoms with E-state index >= 15 is 0 Å². The summed E-state index contributed by atoms with van der Waals surface area (Å²) >= 11 is 0. The summed E-state index contributed by atoms with van der Waals surface area (Å²) in [5.41, 5.74) is 1.85. The molecule has 1 N–H and O–H groups in total. The summed E-state index contributed by atoms with van der Waals surface area (Å²) in [6.07, 6.45) is 3.01. The van der Waals surface area contributed by atoms with Gasteiger partial charge in [-0.2, -0.15) is 0 Å². The molecule has 6 heteroatoms. The lowest BCUT2D eigenvalue weighted by molar-refractivity contribution is -0.110. The van der Waals surface area contributed by atoms with Gasteiger partial charge in [0.15, 0.2) is 6.10 Å². The van der Waals surface area contributed by atoms with E-state index in [9.17, 15) is 4.79 Å². The zero-order valence-corrected chi connectivity index (χ0v) is 9.95. The lowest BCUT2D eigenvalue weighted by Crippen LogP contribution is -2.21. The molecule has 0 fully saturated rings. The summed E-state index contributed by atoms with van der Waals surface area (Å²) in [6.45, 7) is 0. The maximum absolute atomic E-state index is 11.9. The molecular weight excluding hydrogens is 246 g/mol. The van der Waals surface area contributed by atoms with Gasteiger partial charge >= 0.3 is 0 Å². The number of anilines is 1. The number of amides is 1. The van der Waals surface area contributed by atoms with Crippen LogP contribution in [0.2, 0.25) is 0 Å². The van der Waals surface area contributed by atoms with Gasteiger partial charge in [-0.05, 0) is 5.56 Å². The predicted octanol–water partition coefficient (Wildman–Crippen LogP) is 2.13. The van der Waals surface area contributed by atoms with E-state index in [1.54, 1.807) is 0 Å². The first-order chi connectivity index (χ1) is 9.33. The Balaban J connectivity index is 1.64. The maximum atomic E-state index is 11.9. The average molecular weight is 257 g/mol. The van der Waals surface area contributed by atoms with Crippen molar-refractivity contribution in [1.82, 2.24) is 5.16 Å². The van der Waals surface area contributed by atoms with E-state index in [-0.39, 0.29) is 12.0 Å². The number of hydrogen-bond donors (Lipinski definition) is 1. The number of nitrogens with one attached hydrogen (secondary N) is 1. The SMILES string of the molecule is O=C(Nc1cnoc1)C1=NOC(c2ccccc2)C1. The van der Waals surface area contributed by atoms with Crippen molar-refractivity contribution in [3.63, 3.8) is 0 Å². The fraction of sp³-hybridized carbons (Fsp3) is 0.154. The molecule has 0 saturated carbocycles. The number of carbonyl (C=O) groups is 1. The molecule has 2 aromatic rings. The van der Waals surface area contributed by atoms with E-state index in [0.29, 0.717) is 17.8 Å². The summed E-state index contributed by atoms with van der Waals surface area (Å²) in [4.78, 5) is 17.2. The van der Waals surface area contributed by atoms with E-state index in [4.69, 9.17) is 4.84 Å². The Kier molecular flexibility index (Phi) is 2.97. The Labute approximate surface area is 109 Å². The third-order valence-corrected chi connectivity index (χ3v) is 2.79. The summed E-state index contributed by atoms with van der Waals surface area (Å²) in [7, 11) is 0. The second-order valence-electron chi connectivity index (χ2n) is 4.11. The minimum Gasteiger partial charge on any atom is -0.387 e. The molecule has 0 spiro atoms. The van der Waals surface area contributed by atoms with E-state index < -0.39 is 0 Å². The number of aromatic nitrogens is 1. The van der Waals surface area contributed by atoms with Crippen molar-refractivity contribution < 1.29 is 14.2 Å². The predicted molar refractivity (Wildman–Crippen MR) is 67.5 cm³/mol. The van der Waals surface area contributed by atoms with Crippen LogP contribution in [-0.2, 0) is 9.63 Å². The highest BCUT2D eigenvalue weighted by atomic mass is 16.6. The summed E-state index contributed by atoms with van der Waals surface area (Å²) in [5.74, 6) is -0.304. The molecule has 0 bridgehead atoms. The third-order valence-electron chi connectivity index (χ3n) is 2.79. The van der Waals surface area contributed by atoms with Crippen LogP contribution in [0.25, 0.3) is 0 Å². The van der Waals surface area contributed by atoms with Gasteiger partial charge < -0.3 is 14.7 Å². The van der Waals surface area contributed by atoms with Gasteiger partial charge in [0.25, 0.3) is 5.91 Å². The molecule has 1 amide bonds. The number of oxime groups is 1. The molecule has 96 valence electrons. The van der Waals surface area contributed by atoms with E-state index in [2.05, 4.69) is 20.2 Å². The maximum Gasteiger partial charge on any atom is 0.273 e. The number of hydrogen-bond acceptors (Lipinski definition) is 5. The van der Waals surface area contributed by atoms with Crippen molar-refractivity contribution in [2.45, 2.75) is 12.5 Å². The summed E-state index contributed by atoms with van der Waals surface area (Å²) < 4.78 is 4.63. The Bertz CT molecular complexity index is 593. The highest BCUT2D eigenvalue weighted by Crippen LogP contribution is 2.27. The molecule has 19 heavy (non-hydrogen) atoms. The van der Waals surface area contributed by atoms with Crippen LogP contribution in [0.3, 0.4) is 0 Å². The molecule has 1 aliphatic heterocycles. The second-order valence-corrected chi connectivity index (χ2v) is 4.11. The molecule has 0 radical (unpaired) electrons. The van der Waals surface area contributed by atoms with Crippen LogP contribution in [0.15, 0.2) is 52.5 Å². The topological polar surface area (TPSA) is 76.7 Å². The smallest absolute Gasteiger partial charge is 0.273 e. The molecule has 1 aliphatic rings. The van der Waals surface area contributed by atoms with Crippen molar-refractivity contribution >= 4 is 17.3 Å². The highest BCUT2D eigenvalue weighted by molar-refractivity contribution is 6.43. The van der Waals surface area contributed by atoms with Crippen molar-refractivity contribution in [1.29, 1.82) is 0 Å². The Morgan fingerprint density at radius 1 is 1.32 bits per heavy atom. The number of benzene rings is 1. The van der Waals surface area contributed by atoms with Gasteiger partial charge in [0.1, 0.15) is 17.7 Å². The van der Waals surface area contributed by atoms with Gasteiger partial charge in [0, 0.05) is 6.42 Å². The van der Waals surface area contributed by atoms with Gasteiger partial charge in [-0.3, -0.25) is 4.79 Å². The number of nitrogens with zero attached hydrogens (tertiary/aromatic N) is 2. The molecule has 3 rings (SSSR count). The Morgan fingerprint density at radius 2 is 2.16 bits per heavy atom. The lowest BCUT2D eigenvalue weighted by Gasteiger charge is -2.07. The molecule has 6 nitrogen and oxygen atoms in total. The minimum atomic E-state index is -0.304. The van der Waals surface area contributed by atoms with Crippen LogP contribution in [0.4, 0.5) is 5.69 Å². The molecule has 2 heterocycles. The van der Waals surface area contributed by atoms with Crippen molar-refractivity contribution in [3.8, 4) is 0 Å². The van der Waals surface area contributed by atoms with Crippen LogP contribution in [0, 0.1) is 0 Å². The van der Waals surface area contributed by atoms with Gasteiger partial charge in [0.05, 0.1) is 6.20 Å². The first-order valence-electron chi connectivity index (χ1n) is 5.81. The van der Waals surface area contributed by atoms with E-state index in [1.165, 1.54) is 12.5 Å². The zero-order chi connectivity index (χ0) is 13.1. The molecule has 1 atom stereocenters. The standard InChI is InChI=1S/C13H11N3O3/c17-13(15-10-7-14-18-8-10)11-6-12(19-16-11)9-4-2-1-3-5-9/h1-5,7-8,12H,6H2,(H,15,17). The zero-order valence-electron chi connectivity index (χ0n) is 9.95. The monoisotopic (exact) mass is 257 g/mol. The van der Waals surface area contributed by atoms with Crippen LogP contribution in [0.1, 0.15) is 18.1 Å². The normalized spacial score (nSPS) is 17.7. The second kappa shape index (κ2) is 4.93. The molecule has 1 aromatic carbocycles. The molecular formula is C13H11N3O3. The molecule has 1 unspecified atom stereocenters. The molecule has 0 saturated heterocycles. The minimum absolute atomic E-state index is 0.204. The van der Waals surface area contributed by atoms with Gasteiger partial charge in [-0.15, -0.1) is 0 Å². The third kappa shape index (κ3) is 2.47. The quantitative estimate of drug-likeness (QED) is 0.913. The van der Waals surface area contributed by atoms with Crippen LogP contribution in [0.5, 0.6) is 0 Å². The number of carbonyl (C=O) groups excluding carboxylic acids is 1. The van der Waals surface area contributed by atoms with Crippen LogP contribution < -0.4 is 5.32 Å². The van der Waals surface area contributed by atoms with Crippen molar-refractivity contribution in [2.75, 3.05) is 5.32 Å². The van der Waals surface area contributed by atoms with Gasteiger partial charge in [-0.1, -0.05) is 40.6 Å². The average Bonchev–Trinajstić information content (AvgIpc) is 3.10. The van der Waals surface area contributed by atoms with Crippen molar-refractivity contribution in [3.05, 3.63) is 48.4 Å². The van der Waals surface area contributed by atoms with Crippen LogP contribution in [-0.4, -0.2) is 16.8 Å². The van der Waals surface area contributed by atoms with Gasteiger partial charge in [-0.25, -0.2) is 0 Å². The highest BCUT2D eigenvalue weighted by Gasteiger charge is 2.27. The fourth-order valence-corrected chi connectivity index (χ4v) is 1.83. The summed E-state index contributed by atoms with van der Waals surface area (Å²) in [6, 6.07) is 9.67. The molecule has 0 aliphatic carbocycles. The van der Waals surface area contributed by atoms with E-state index in [1.807, 2.05) is 30.3 Å². The van der Waals surface area contributed by atoms with Crippen molar-refractivity contribution in [2.24, 2.45) is 5.16 Å². The first kappa shape index (κ1) is 11.5. The fourth-order valence-electron chi connectivity index (χ4n) is 1.83. The Morgan fingerprint density at radius 3 is 2.89 bits per heavy atom. The van der Waals surface area contributed by atoms with Crippen LogP contribution >= 0.6 is 0 Å². The molecule has 1 aromatic heterocycles. The first-order valence-corrected chi connectivity index (χ1v) is 5.81. The lowest BCUT2D eigenvalue weighted by atomic mass is 10.0. The number of rotatable bonds is 3. The Hall–Kier alpha value is -2.63. The summed E-state index contributed by atoms with van der Waals surface area (Å²) in [5, 5.41) is 9.96.